The third-order valence-electron chi connectivity index (χ3n) is 7.18. The number of carbonyl (C=O) groups is 1. The number of hydrogen-bond acceptors (Lipinski definition) is 4. The Bertz CT molecular complexity index is 737. The lowest BCUT2D eigenvalue weighted by atomic mass is 9.66. The van der Waals surface area contributed by atoms with Crippen LogP contribution >= 0.6 is 0 Å². The van der Waals surface area contributed by atoms with E-state index < -0.39 is 14.6 Å². The zero-order valence-corrected chi connectivity index (χ0v) is 23.7. The Kier molecular flexibility index (Phi) is 11.5. The summed E-state index contributed by atoms with van der Waals surface area (Å²) in [7, 11) is -1.14. The lowest BCUT2D eigenvalue weighted by Crippen LogP contribution is -2.58. The number of rotatable bonds is 13. The van der Waals surface area contributed by atoms with Gasteiger partial charge in [0, 0.05) is 6.54 Å². The van der Waals surface area contributed by atoms with Gasteiger partial charge in [-0.3, -0.25) is 10.1 Å². The molecular formula is C29H49NO3Si. The summed E-state index contributed by atoms with van der Waals surface area (Å²) < 4.78 is 12.4. The SMILES string of the molecule is C=CCC(NCc1ccccc1)(C(=O)OCCCC)C1CCC(C(O[SiH](C)C)C(C)(C)C)CC1. The first kappa shape index (κ1) is 28.8. The Morgan fingerprint density at radius 1 is 1.18 bits per heavy atom. The Morgan fingerprint density at radius 2 is 1.82 bits per heavy atom. The standard InChI is InChI=1S/C29H49NO3Si/c1-8-10-21-32-27(31)29(20-9-2,30-22-23-14-12-11-13-15-23)25-18-16-24(17-19-25)26(28(3,4)5)33-34(6)7/h9,11-15,24-26,30,34H,2,8,10,16-22H2,1,3-7H3. The molecule has 1 fully saturated rings. The minimum atomic E-state index is -1.14. The van der Waals surface area contributed by atoms with Gasteiger partial charge in [-0.1, -0.05) is 70.5 Å². The van der Waals surface area contributed by atoms with Crippen LogP contribution in [0.25, 0.3) is 0 Å². The third kappa shape index (κ3) is 8.06. The molecule has 1 aromatic rings. The van der Waals surface area contributed by atoms with Crippen molar-refractivity contribution in [3.63, 3.8) is 0 Å². The Balaban J connectivity index is 2.23. The zero-order valence-electron chi connectivity index (χ0n) is 22.6. The fourth-order valence-corrected chi connectivity index (χ4v) is 6.67. The molecule has 34 heavy (non-hydrogen) atoms. The van der Waals surface area contributed by atoms with E-state index in [2.05, 4.69) is 64.8 Å². The van der Waals surface area contributed by atoms with Crippen molar-refractivity contribution in [3.8, 4) is 0 Å². The molecule has 0 saturated heterocycles. The molecule has 4 nitrogen and oxygen atoms in total. The largest absolute Gasteiger partial charge is 0.464 e. The normalized spacial score (nSPS) is 21.6. The molecule has 0 bridgehead atoms. The van der Waals surface area contributed by atoms with E-state index in [-0.39, 0.29) is 23.4 Å². The molecule has 1 aromatic carbocycles. The van der Waals surface area contributed by atoms with Gasteiger partial charge in [0.2, 0.25) is 0 Å². The van der Waals surface area contributed by atoms with Gasteiger partial charge in [-0.2, -0.15) is 0 Å². The minimum Gasteiger partial charge on any atom is -0.464 e. The topological polar surface area (TPSA) is 47.6 Å². The van der Waals surface area contributed by atoms with E-state index in [0.717, 1.165) is 38.5 Å². The van der Waals surface area contributed by atoms with E-state index in [1.54, 1.807) is 0 Å². The lowest BCUT2D eigenvalue weighted by Gasteiger charge is -2.46. The van der Waals surface area contributed by atoms with Crippen molar-refractivity contribution in [2.75, 3.05) is 6.61 Å². The summed E-state index contributed by atoms with van der Waals surface area (Å²) in [5, 5.41) is 3.68. The fraction of sp³-hybridized carbons (Fsp3) is 0.690. The van der Waals surface area contributed by atoms with Crippen molar-refractivity contribution in [2.45, 2.75) is 104 Å². The van der Waals surface area contributed by atoms with Crippen LogP contribution in [-0.2, 0) is 20.5 Å². The summed E-state index contributed by atoms with van der Waals surface area (Å²) in [6.07, 6.45) is 8.82. The molecule has 2 unspecified atom stereocenters. The van der Waals surface area contributed by atoms with E-state index in [9.17, 15) is 4.79 Å². The first-order chi connectivity index (χ1) is 16.1. The predicted molar refractivity (Wildman–Crippen MR) is 145 cm³/mol. The van der Waals surface area contributed by atoms with Gasteiger partial charge in [-0.25, -0.2) is 0 Å². The number of unbranched alkanes of at least 4 members (excludes halogenated alkanes) is 1. The number of benzene rings is 1. The number of esters is 1. The summed E-state index contributed by atoms with van der Waals surface area (Å²) >= 11 is 0. The van der Waals surface area contributed by atoms with Gasteiger partial charge < -0.3 is 9.16 Å². The third-order valence-corrected chi connectivity index (χ3v) is 8.02. The fourth-order valence-electron chi connectivity index (χ4n) is 5.46. The highest BCUT2D eigenvalue weighted by Crippen LogP contribution is 2.43. The van der Waals surface area contributed by atoms with Crippen LogP contribution in [0.2, 0.25) is 13.1 Å². The van der Waals surface area contributed by atoms with Crippen LogP contribution in [0.3, 0.4) is 0 Å². The lowest BCUT2D eigenvalue weighted by molar-refractivity contribution is -0.156. The molecule has 1 saturated carbocycles. The summed E-state index contributed by atoms with van der Waals surface area (Å²) in [6, 6.07) is 10.3. The highest BCUT2D eigenvalue weighted by molar-refractivity contribution is 6.48. The van der Waals surface area contributed by atoms with E-state index in [1.165, 1.54) is 5.56 Å². The molecule has 2 atom stereocenters. The molecule has 0 amide bonds. The average Bonchev–Trinajstić information content (AvgIpc) is 2.80. The van der Waals surface area contributed by atoms with Gasteiger partial charge in [-0.05, 0) is 74.4 Å². The first-order valence-electron chi connectivity index (χ1n) is 13.4. The summed E-state index contributed by atoms with van der Waals surface area (Å²) in [5.41, 5.74) is 0.563. The molecule has 1 N–H and O–H groups in total. The minimum absolute atomic E-state index is 0.113. The predicted octanol–water partition coefficient (Wildman–Crippen LogP) is 6.66. The van der Waals surface area contributed by atoms with E-state index in [4.69, 9.17) is 9.16 Å². The molecule has 0 heterocycles. The van der Waals surface area contributed by atoms with Gasteiger partial charge in [0.15, 0.2) is 9.04 Å². The van der Waals surface area contributed by atoms with Gasteiger partial charge in [0.05, 0.1) is 12.7 Å². The maximum atomic E-state index is 13.6. The van der Waals surface area contributed by atoms with Crippen molar-refractivity contribution in [2.24, 2.45) is 17.3 Å². The first-order valence-corrected chi connectivity index (χ1v) is 16.1. The molecule has 0 spiro atoms. The van der Waals surface area contributed by atoms with E-state index in [0.29, 0.717) is 25.5 Å². The van der Waals surface area contributed by atoms with Crippen molar-refractivity contribution < 1.29 is 14.0 Å². The molecular weight excluding hydrogens is 438 g/mol. The molecule has 192 valence electrons. The maximum absolute atomic E-state index is 13.6. The van der Waals surface area contributed by atoms with Crippen LogP contribution in [0.4, 0.5) is 0 Å². The van der Waals surface area contributed by atoms with Crippen LogP contribution in [0.5, 0.6) is 0 Å². The highest BCUT2D eigenvalue weighted by Gasteiger charge is 2.48. The van der Waals surface area contributed by atoms with E-state index in [1.807, 2.05) is 24.3 Å². The summed E-state index contributed by atoms with van der Waals surface area (Å²) in [6.45, 7) is 18.7. The van der Waals surface area contributed by atoms with Crippen LogP contribution in [0.15, 0.2) is 43.0 Å². The van der Waals surface area contributed by atoms with E-state index >= 15 is 0 Å². The molecule has 1 aliphatic carbocycles. The average molecular weight is 488 g/mol. The zero-order chi connectivity index (χ0) is 25.2. The van der Waals surface area contributed by atoms with Gasteiger partial charge in [0.1, 0.15) is 5.54 Å². The van der Waals surface area contributed by atoms with Gasteiger partial charge in [0.25, 0.3) is 0 Å². The number of hydrogen-bond donors (Lipinski definition) is 1. The quantitative estimate of drug-likeness (QED) is 0.146. The molecule has 0 radical (unpaired) electrons. The number of ether oxygens (including phenoxy) is 1. The second-order valence-electron chi connectivity index (χ2n) is 11.4. The van der Waals surface area contributed by atoms with Gasteiger partial charge in [-0.15, -0.1) is 6.58 Å². The Labute approximate surface area is 210 Å². The monoisotopic (exact) mass is 487 g/mol. The van der Waals surface area contributed by atoms with Crippen LogP contribution in [0, 0.1) is 17.3 Å². The van der Waals surface area contributed by atoms with Crippen LogP contribution in [0.1, 0.15) is 78.2 Å². The second-order valence-corrected chi connectivity index (χ2v) is 13.7. The number of carbonyl (C=O) groups excluding carboxylic acids is 1. The summed E-state index contributed by atoms with van der Waals surface area (Å²) in [4.78, 5) is 13.6. The Morgan fingerprint density at radius 3 is 2.35 bits per heavy atom. The molecule has 5 heteroatoms. The van der Waals surface area contributed by atoms with Crippen molar-refractivity contribution >= 4 is 15.0 Å². The molecule has 0 aromatic heterocycles. The second kappa shape index (κ2) is 13.6. The van der Waals surface area contributed by atoms with Crippen LogP contribution in [-0.4, -0.2) is 33.3 Å². The molecule has 1 aliphatic rings. The molecule has 2 rings (SSSR count). The number of nitrogens with one attached hydrogen (secondary N) is 1. The summed E-state index contributed by atoms with van der Waals surface area (Å²) in [5.74, 6) is 0.646. The van der Waals surface area contributed by atoms with Crippen molar-refractivity contribution in [3.05, 3.63) is 48.6 Å². The Hall–Kier alpha value is -1.43. The smallest absolute Gasteiger partial charge is 0.326 e. The van der Waals surface area contributed by atoms with Gasteiger partial charge >= 0.3 is 5.97 Å². The van der Waals surface area contributed by atoms with Crippen LogP contribution < -0.4 is 5.32 Å². The highest BCUT2D eigenvalue weighted by atomic mass is 28.3. The van der Waals surface area contributed by atoms with Crippen molar-refractivity contribution in [1.82, 2.24) is 5.32 Å². The maximum Gasteiger partial charge on any atom is 0.326 e. The van der Waals surface area contributed by atoms with Crippen molar-refractivity contribution in [1.29, 1.82) is 0 Å². The molecule has 0 aliphatic heterocycles.